The summed E-state index contributed by atoms with van der Waals surface area (Å²) in [7, 11) is 0. The van der Waals surface area contributed by atoms with Crippen LogP contribution in [0.5, 0.6) is 11.5 Å². The van der Waals surface area contributed by atoms with E-state index in [0.717, 1.165) is 11.1 Å². The maximum atomic E-state index is 12.1. The molecule has 146 valence electrons. The number of nitrogens with zero attached hydrogens (tertiary/aromatic N) is 1. The third kappa shape index (κ3) is 4.80. The Labute approximate surface area is 165 Å². The third-order valence-corrected chi connectivity index (χ3v) is 4.25. The molecule has 3 rings (SSSR count). The predicted octanol–water partition coefficient (Wildman–Crippen LogP) is 4.95. The summed E-state index contributed by atoms with van der Waals surface area (Å²) in [4.78, 5) is 16.7. The van der Waals surface area contributed by atoms with Crippen LogP contribution in [0.4, 0.5) is 5.69 Å². The summed E-state index contributed by atoms with van der Waals surface area (Å²) in [5.41, 5.74) is 3.12. The Balaban J connectivity index is 2.06. The molecule has 2 aromatic carbocycles. The van der Waals surface area contributed by atoms with E-state index in [-0.39, 0.29) is 12.1 Å². The first-order valence-electron chi connectivity index (χ1n) is 9.55. The number of hydrogen-bond donors (Lipinski definition) is 0. The first-order valence-corrected chi connectivity index (χ1v) is 9.55. The molecule has 1 fully saturated rings. The van der Waals surface area contributed by atoms with Gasteiger partial charge in [-0.05, 0) is 38.5 Å². The molecule has 0 bridgehead atoms. The molecule has 0 aliphatic carbocycles. The standard InChI is InChI=1S/C23H25NO4/c1-4-26-21-13-18(12-19-11-16(3)28-23(19)25)20(14-22(21)27-5-2)24-15-17-9-7-6-8-10-17/h6-10,12-16H,4-5,11H2,1-3H3/b19-12+,24-15?. The molecule has 1 saturated heterocycles. The summed E-state index contributed by atoms with van der Waals surface area (Å²) < 4.78 is 16.7. The quantitative estimate of drug-likeness (QED) is 0.388. The van der Waals surface area contributed by atoms with Crippen molar-refractivity contribution in [3.63, 3.8) is 0 Å². The van der Waals surface area contributed by atoms with E-state index in [1.54, 1.807) is 6.21 Å². The predicted molar refractivity (Wildman–Crippen MR) is 111 cm³/mol. The van der Waals surface area contributed by atoms with Crippen molar-refractivity contribution < 1.29 is 19.0 Å². The van der Waals surface area contributed by atoms with E-state index in [2.05, 4.69) is 4.99 Å². The molecule has 0 radical (unpaired) electrons. The van der Waals surface area contributed by atoms with Crippen LogP contribution in [-0.2, 0) is 9.53 Å². The molecule has 0 N–H and O–H groups in total. The van der Waals surface area contributed by atoms with Crippen LogP contribution in [0.3, 0.4) is 0 Å². The van der Waals surface area contributed by atoms with Crippen molar-refractivity contribution in [2.24, 2.45) is 4.99 Å². The fraction of sp³-hybridized carbons (Fsp3) is 0.304. The average Bonchev–Trinajstić information content (AvgIpc) is 3.00. The van der Waals surface area contributed by atoms with Crippen molar-refractivity contribution in [2.75, 3.05) is 13.2 Å². The van der Waals surface area contributed by atoms with Crippen molar-refractivity contribution in [3.8, 4) is 11.5 Å². The summed E-state index contributed by atoms with van der Waals surface area (Å²) in [6.45, 7) is 6.77. The molecular formula is C23H25NO4. The fourth-order valence-corrected chi connectivity index (χ4v) is 3.01. The summed E-state index contributed by atoms with van der Waals surface area (Å²) in [6, 6.07) is 13.6. The second kappa shape index (κ2) is 9.22. The van der Waals surface area contributed by atoms with E-state index in [0.29, 0.717) is 42.4 Å². The van der Waals surface area contributed by atoms with Gasteiger partial charge in [0.25, 0.3) is 0 Å². The normalized spacial score (nSPS) is 17.9. The van der Waals surface area contributed by atoms with Gasteiger partial charge in [-0.15, -0.1) is 0 Å². The van der Waals surface area contributed by atoms with Crippen molar-refractivity contribution >= 4 is 23.9 Å². The van der Waals surface area contributed by atoms with E-state index in [1.807, 2.05) is 69.3 Å². The minimum absolute atomic E-state index is 0.107. The number of carbonyl (C=O) groups excluding carboxylic acids is 1. The van der Waals surface area contributed by atoms with Gasteiger partial charge in [-0.3, -0.25) is 4.99 Å². The first-order chi connectivity index (χ1) is 13.6. The molecule has 0 saturated carbocycles. The lowest BCUT2D eigenvalue weighted by Crippen LogP contribution is -2.00. The highest BCUT2D eigenvalue weighted by atomic mass is 16.5. The zero-order chi connectivity index (χ0) is 19.9. The van der Waals surface area contributed by atoms with Gasteiger partial charge >= 0.3 is 5.97 Å². The minimum atomic E-state index is -0.280. The van der Waals surface area contributed by atoms with E-state index >= 15 is 0 Å². The highest BCUT2D eigenvalue weighted by Gasteiger charge is 2.25. The van der Waals surface area contributed by atoms with E-state index in [9.17, 15) is 4.79 Å². The fourth-order valence-electron chi connectivity index (χ4n) is 3.01. The number of cyclic esters (lactones) is 1. The van der Waals surface area contributed by atoms with Crippen LogP contribution in [0.2, 0.25) is 0 Å². The Morgan fingerprint density at radius 3 is 2.39 bits per heavy atom. The topological polar surface area (TPSA) is 57.1 Å². The van der Waals surface area contributed by atoms with E-state index in [1.165, 1.54) is 0 Å². The van der Waals surface area contributed by atoms with Crippen molar-refractivity contribution in [3.05, 3.63) is 59.2 Å². The van der Waals surface area contributed by atoms with Crippen LogP contribution < -0.4 is 9.47 Å². The van der Waals surface area contributed by atoms with Crippen molar-refractivity contribution in [2.45, 2.75) is 33.3 Å². The highest BCUT2D eigenvalue weighted by molar-refractivity contribution is 5.97. The number of benzene rings is 2. The lowest BCUT2D eigenvalue weighted by Gasteiger charge is -2.13. The van der Waals surface area contributed by atoms with Crippen LogP contribution in [-0.4, -0.2) is 31.5 Å². The number of hydrogen-bond acceptors (Lipinski definition) is 5. The second-order valence-electron chi connectivity index (χ2n) is 6.48. The van der Waals surface area contributed by atoms with Gasteiger partial charge in [0.15, 0.2) is 11.5 Å². The van der Waals surface area contributed by atoms with Gasteiger partial charge in [-0.1, -0.05) is 30.3 Å². The smallest absolute Gasteiger partial charge is 0.334 e. The lowest BCUT2D eigenvalue weighted by atomic mass is 10.1. The van der Waals surface area contributed by atoms with Gasteiger partial charge in [0, 0.05) is 29.8 Å². The second-order valence-corrected chi connectivity index (χ2v) is 6.48. The highest BCUT2D eigenvalue weighted by Crippen LogP contribution is 2.37. The van der Waals surface area contributed by atoms with Gasteiger partial charge in [0.2, 0.25) is 0 Å². The SMILES string of the molecule is CCOc1cc(/C=C2\CC(C)OC2=O)c(N=Cc2ccccc2)cc1OCC. The van der Waals surface area contributed by atoms with Gasteiger partial charge in [-0.25, -0.2) is 4.79 Å². The van der Waals surface area contributed by atoms with Crippen molar-refractivity contribution in [1.29, 1.82) is 0 Å². The average molecular weight is 379 g/mol. The Morgan fingerprint density at radius 2 is 1.79 bits per heavy atom. The summed E-state index contributed by atoms with van der Waals surface area (Å²) in [6.07, 6.45) is 4.10. The van der Waals surface area contributed by atoms with E-state index in [4.69, 9.17) is 14.2 Å². The molecule has 5 heteroatoms. The van der Waals surface area contributed by atoms with Gasteiger partial charge < -0.3 is 14.2 Å². The molecule has 0 aromatic heterocycles. The van der Waals surface area contributed by atoms with Crippen LogP contribution in [0, 0.1) is 0 Å². The molecule has 1 atom stereocenters. The zero-order valence-electron chi connectivity index (χ0n) is 16.5. The van der Waals surface area contributed by atoms with E-state index < -0.39 is 0 Å². The van der Waals surface area contributed by atoms with Gasteiger partial charge in [0.1, 0.15) is 6.10 Å². The molecule has 1 unspecified atom stereocenters. The molecule has 2 aromatic rings. The maximum Gasteiger partial charge on any atom is 0.334 e. The van der Waals surface area contributed by atoms with Crippen LogP contribution >= 0.6 is 0 Å². The number of aliphatic imine (C=N–C) groups is 1. The van der Waals surface area contributed by atoms with Crippen LogP contribution in [0.15, 0.2) is 53.0 Å². The first kappa shape index (κ1) is 19.7. The largest absolute Gasteiger partial charge is 0.490 e. The number of esters is 1. The molecule has 1 heterocycles. The number of ether oxygens (including phenoxy) is 3. The Bertz CT molecular complexity index is 887. The molecule has 1 aliphatic heterocycles. The van der Waals surface area contributed by atoms with Gasteiger partial charge in [-0.2, -0.15) is 0 Å². The molecule has 28 heavy (non-hydrogen) atoms. The number of carbonyl (C=O) groups is 1. The monoisotopic (exact) mass is 379 g/mol. The van der Waals surface area contributed by atoms with Crippen LogP contribution in [0.1, 0.15) is 38.3 Å². The molecule has 5 nitrogen and oxygen atoms in total. The Morgan fingerprint density at radius 1 is 1.11 bits per heavy atom. The molecule has 1 aliphatic rings. The summed E-state index contributed by atoms with van der Waals surface area (Å²) in [5, 5.41) is 0. The number of rotatable bonds is 7. The lowest BCUT2D eigenvalue weighted by molar-refractivity contribution is -0.138. The van der Waals surface area contributed by atoms with Crippen LogP contribution in [0.25, 0.3) is 6.08 Å². The Hall–Kier alpha value is -3.08. The zero-order valence-corrected chi connectivity index (χ0v) is 16.5. The van der Waals surface area contributed by atoms with Gasteiger partial charge in [0.05, 0.1) is 18.9 Å². The Kier molecular flexibility index (Phi) is 6.48. The summed E-state index contributed by atoms with van der Waals surface area (Å²) >= 11 is 0. The molecule has 0 amide bonds. The molecular weight excluding hydrogens is 354 g/mol. The third-order valence-electron chi connectivity index (χ3n) is 4.25. The van der Waals surface area contributed by atoms with Crippen molar-refractivity contribution in [1.82, 2.24) is 0 Å². The molecule has 0 spiro atoms. The summed E-state index contributed by atoms with van der Waals surface area (Å²) in [5.74, 6) is 0.987. The maximum absolute atomic E-state index is 12.1. The minimum Gasteiger partial charge on any atom is -0.490 e.